The van der Waals surface area contributed by atoms with Crippen molar-refractivity contribution in [3.63, 3.8) is 0 Å². The first-order valence-electron chi connectivity index (χ1n) is 9.09. The molecule has 1 aliphatic heterocycles. The first-order valence-corrected chi connectivity index (χ1v) is 9.09. The minimum atomic E-state index is -0.0404. The van der Waals surface area contributed by atoms with Gasteiger partial charge in [-0.3, -0.25) is 4.79 Å². The first-order chi connectivity index (χ1) is 12.6. The molecule has 27 heavy (non-hydrogen) atoms. The number of carbonyl (C=O) groups excluding carboxylic acids is 1. The molecule has 0 atom stereocenters. The maximum Gasteiger partial charge on any atom is 0.253 e. The number of amides is 1. The van der Waals surface area contributed by atoms with Crippen LogP contribution in [0.25, 0.3) is 0 Å². The van der Waals surface area contributed by atoms with Crippen molar-refractivity contribution in [1.29, 1.82) is 0 Å². The van der Waals surface area contributed by atoms with E-state index in [0.29, 0.717) is 12.1 Å². The molecule has 3 rings (SSSR count). The molecule has 0 aliphatic carbocycles. The molecule has 0 aromatic heterocycles. The van der Waals surface area contributed by atoms with Crippen LogP contribution < -0.4 is 20.7 Å². The van der Waals surface area contributed by atoms with Crippen molar-refractivity contribution in [3.8, 4) is 5.75 Å². The largest absolute Gasteiger partial charge is 0.497 e. The van der Waals surface area contributed by atoms with Crippen LogP contribution in [0.5, 0.6) is 5.75 Å². The van der Waals surface area contributed by atoms with Gasteiger partial charge < -0.3 is 20.7 Å². The van der Waals surface area contributed by atoms with Crippen molar-refractivity contribution < 1.29 is 9.53 Å². The van der Waals surface area contributed by atoms with Gasteiger partial charge in [0.25, 0.3) is 5.91 Å². The highest BCUT2D eigenvalue weighted by molar-refractivity contribution is 6.00. The highest BCUT2D eigenvalue weighted by Gasteiger charge is 2.27. The third kappa shape index (κ3) is 5.62. The molecule has 5 nitrogen and oxygen atoms in total. The second kappa shape index (κ2) is 9.62. The Morgan fingerprint density at radius 2 is 1.78 bits per heavy atom. The van der Waals surface area contributed by atoms with Crippen LogP contribution in [-0.2, 0) is 0 Å². The lowest BCUT2D eigenvalue weighted by Gasteiger charge is -2.34. The lowest BCUT2D eigenvalue weighted by atomic mass is 9.81. The molecular formula is C21H28ClN3O2. The van der Waals surface area contributed by atoms with Crippen LogP contribution >= 0.6 is 12.4 Å². The highest BCUT2D eigenvalue weighted by Crippen LogP contribution is 2.27. The second-order valence-corrected chi connectivity index (χ2v) is 7.14. The number of nitrogens with one attached hydrogen (secondary N) is 3. The lowest BCUT2D eigenvalue weighted by Crippen LogP contribution is -2.43. The number of piperidine rings is 1. The van der Waals surface area contributed by atoms with Crippen LogP contribution in [0.4, 0.5) is 11.4 Å². The fourth-order valence-corrected chi connectivity index (χ4v) is 3.22. The topological polar surface area (TPSA) is 62.4 Å². The fourth-order valence-electron chi connectivity index (χ4n) is 3.22. The van der Waals surface area contributed by atoms with Gasteiger partial charge >= 0.3 is 0 Å². The zero-order chi connectivity index (χ0) is 18.4. The van der Waals surface area contributed by atoms with Gasteiger partial charge in [-0.25, -0.2) is 0 Å². The van der Waals surface area contributed by atoms with Crippen molar-refractivity contribution in [2.24, 2.45) is 5.41 Å². The zero-order valence-electron chi connectivity index (χ0n) is 15.9. The molecule has 1 fully saturated rings. The summed E-state index contributed by atoms with van der Waals surface area (Å²) in [6.45, 7) is 4.98. The third-order valence-electron chi connectivity index (χ3n) is 5.03. The van der Waals surface area contributed by atoms with Crippen LogP contribution in [0.1, 0.15) is 30.1 Å². The summed E-state index contributed by atoms with van der Waals surface area (Å²) in [6.07, 6.45) is 2.16. The number of para-hydroxylation sites is 1. The maximum atomic E-state index is 12.8. The van der Waals surface area contributed by atoms with Crippen LogP contribution in [-0.4, -0.2) is 32.7 Å². The molecule has 3 N–H and O–H groups in total. The summed E-state index contributed by atoms with van der Waals surface area (Å²) < 4.78 is 5.18. The summed E-state index contributed by atoms with van der Waals surface area (Å²) in [5.41, 5.74) is 2.53. The van der Waals surface area contributed by atoms with Gasteiger partial charge in [0.1, 0.15) is 5.75 Å². The number of hydrogen-bond donors (Lipinski definition) is 3. The van der Waals surface area contributed by atoms with Crippen molar-refractivity contribution in [1.82, 2.24) is 10.6 Å². The summed E-state index contributed by atoms with van der Waals surface area (Å²) in [6, 6.07) is 15.2. The van der Waals surface area contributed by atoms with Crippen molar-refractivity contribution in [2.45, 2.75) is 19.8 Å². The van der Waals surface area contributed by atoms with Crippen molar-refractivity contribution in [3.05, 3.63) is 54.1 Å². The summed E-state index contributed by atoms with van der Waals surface area (Å²) in [7, 11) is 1.64. The number of benzene rings is 2. The van der Waals surface area contributed by atoms with Crippen molar-refractivity contribution in [2.75, 3.05) is 32.1 Å². The number of ether oxygens (including phenoxy) is 1. The minimum Gasteiger partial charge on any atom is -0.497 e. The molecule has 0 spiro atoms. The Morgan fingerprint density at radius 3 is 2.44 bits per heavy atom. The number of rotatable bonds is 6. The molecule has 0 saturated carbocycles. The Bertz CT molecular complexity index is 743. The van der Waals surface area contributed by atoms with Crippen LogP contribution in [0, 0.1) is 5.41 Å². The van der Waals surface area contributed by atoms with E-state index in [9.17, 15) is 4.79 Å². The van der Waals surface area contributed by atoms with Gasteiger partial charge in [0.05, 0.1) is 18.4 Å². The van der Waals surface area contributed by atoms with E-state index < -0.39 is 0 Å². The summed E-state index contributed by atoms with van der Waals surface area (Å²) >= 11 is 0. The fraction of sp³-hybridized carbons (Fsp3) is 0.381. The van der Waals surface area contributed by atoms with E-state index in [0.717, 1.165) is 43.1 Å². The zero-order valence-corrected chi connectivity index (χ0v) is 16.7. The standard InChI is InChI=1S/C21H27N3O2.ClH/c1-21(11-13-22-14-12-21)15-23-20(25)18-5-3-4-6-19(18)24-16-7-9-17(26-2)10-8-16;/h3-10,22,24H,11-15H2,1-2H3,(H,23,25);1H. The molecule has 1 heterocycles. The molecule has 0 unspecified atom stereocenters. The molecule has 0 bridgehead atoms. The van der Waals surface area contributed by atoms with Crippen LogP contribution in [0.3, 0.4) is 0 Å². The van der Waals surface area contributed by atoms with Gasteiger partial charge in [-0.2, -0.15) is 0 Å². The van der Waals surface area contributed by atoms with Gasteiger partial charge in [0, 0.05) is 12.2 Å². The predicted molar refractivity (Wildman–Crippen MR) is 113 cm³/mol. The Balaban J connectivity index is 0.00000261. The number of anilines is 2. The van der Waals surface area contributed by atoms with Crippen molar-refractivity contribution >= 4 is 29.7 Å². The predicted octanol–water partition coefficient (Wildman–Crippen LogP) is 3.98. The van der Waals surface area contributed by atoms with Gasteiger partial charge in [-0.1, -0.05) is 19.1 Å². The Morgan fingerprint density at radius 1 is 1.11 bits per heavy atom. The number of halogens is 1. The Labute approximate surface area is 167 Å². The molecule has 2 aromatic rings. The quantitative estimate of drug-likeness (QED) is 0.699. The monoisotopic (exact) mass is 389 g/mol. The normalized spacial score (nSPS) is 15.3. The van der Waals surface area contributed by atoms with Gasteiger partial charge in [0.15, 0.2) is 0 Å². The summed E-state index contributed by atoms with van der Waals surface area (Å²) in [4.78, 5) is 12.8. The van der Waals surface area contributed by atoms with E-state index in [1.54, 1.807) is 7.11 Å². The third-order valence-corrected chi connectivity index (χ3v) is 5.03. The first kappa shape index (κ1) is 21.1. The van der Waals surface area contributed by atoms with E-state index in [-0.39, 0.29) is 23.7 Å². The Kier molecular flexibility index (Phi) is 7.51. The molecule has 1 amide bonds. The van der Waals surface area contributed by atoms with Gasteiger partial charge in [-0.05, 0) is 67.7 Å². The smallest absolute Gasteiger partial charge is 0.253 e. The minimum absolute atomic E-state index is 0. The number of hydrogen-bond acceptors (Lipinski definition) is 4. The summed E-state index contributed by atoms with van der Waals surface area (Å²) in [5.74, 6) is 0.762. The average Bonchev–Trinajstić information content (AvgIpc) is 2.68. The number of carbonyl (C=O) groups is 1. The molecule has 146 valence electrons. The molecule has 0 radical (unpaired) electrons. The van der Waals surface area contributed by atoms with Gasteiger partial charge in [0.2, 0.25) is 0 Å². The molecular weight excluding hydrogens is 362 g/mol. The lowest BCUT2D eigenvalue weighted by molar-refractivity contribution is 0.0923. The molecule has 1 saturated heterocycles. The number of methoxy groups -OCH3 is 1. The Hall–Kier alpha value is -2.24. The molecule has 6 heteroatoms. The molecule has 2 aromatic carbocycles. The van der Waals surface area contributed by atoms with Gasteiger partial charge in [-0.15, -0.1) is 12.4 Å². The van der Waals surface area contributed by atoms with E-state index in [2.05, 4.69) is 22.9 Å². The van der Waals surface area contributed by atoms with Crippen LogP contribution in [0.2, 0.25) is 0 Å². The van der Waals surface area contributed by atoms with E-state index in [1.807, 2.05) is 48.5 Å². The SMILES string of the molecule is COc1ccc(Nc2ccccc2C(=O)NCC2(C)CCNCC2)cc1.Cl. The summed E-state index contributed by atoms with van der Waals surface area (Å²) in [5, 5.41) is 9.82. The molecule has 1 aliphatic rings. The van der Waals surface area contributed by atoms with E-state index in [4.69, 9.17) is 4.74 Å². The highest BCUT2D eigenvalue weighted by atomic mass is 35.5. The van der Waals surface area contributed by atoms with E-state index in [1.165, 1.54) is 0 Å². The van der Waals surface area contributed by atoms with E-state index >= 15 is 0 Å². The van der Waals surface area contributed by atoms with Crippen LogP contribution in [0.15, 0.2) is 48.5 Å². The maximum absolute atomic E-state index is 12.8. The second-order valence-electron chi connectivity index (χ2n) is 7.14. The average molecular weight is 390 g/mol.